The molecule has 2 heterocycles. The lowest BCUT2D eigenvalue weighted by Crippen LogP contribution is -2.29. The predicted octanol–water partition coefficient (Wildman–Crippen LogP) is 4.24. The molecule has 1 amide bonds. The van der Waals surface area contributed by atoms with Crippen LogP contribution in [0.2, 0.25) is 0 Å². The second kappa shape index (κ2) is 7.97. The molecule has 1 fully saturated rings. The van der Waals surface area contributed by atoms with Crippen LogP contribution in [-0.4, -0.2) is 38.1 Å². The summed E-state index contributed by atoms with van der Waals surface area (Å²) in [7, 11) is 3.50. The van der Waals surface area contributed by atoms with E-state index in [4.69, 9.17) is 9.15 Å². The molecule has 0 atom stereocenters. The summed E-state index contributed by atoms with van der Waals surface area (Å²) >= 11 is 0. The van der Waals surface area contributed by atoms with Crippen molar-refractivity contribution in [2.75, 3.05) is 32.1 Å². The molecule has 1 aliphatic rings. The summed E-state index contributed by atoms with van der Waals surface area (Å²) in [6.07, 6.45) is 4.47. The van der Waals surface area contributed by atoms with Crippen LogP contribution in [0.4, 0.5) is 5.69 Å². The molecule has 0 spiro atoms. The molecule has 0 aliphatic carbocycles. The van der Waals surface area contributed by atoms with Crippen molar-refractivity contribution in [2.24, 2.45) is 0 Å². The van der Waals surface area contributed by atoms with Crippen LogP contribution in [0.3, 0.4) is 0 Å². The fraction of sp³-hybridized carbons (Fsp3) is 0.348. The van der Waals surface area contributed by atoms with Gasteiger partial charge in [-0.15, -0.1) is 0 Å². The van der Waals surface area contributed by atoms with Crippen molar-refractivity contribution in [3.8, 4) is 5.75 Å². The second-order valence-corrected chi connectivity index (χ2v) is 7.37. The zero-order valence-corrected chi connectivity index (χ0v) is 16.5. The van der Waals surface area contributed by atoms with E-state index in [1.165, 1.54) is 24.1 Å². The van der Waals surface area contributed by atoms with Crippen LogP contribution in [0.25, 0.3) is 11.0 Å². The Morgan fingerprint density at radius 2 is 1.93 bits per heavy atom. The van der Waals surface area contributed by atoms with E-state index in [-0.39, 0.29) is 5.91 Å². The van der Waals surface area contributed by atoms with Crippen molar-refractivity contribution >= 4 is 22.6 Å². The van der Waals surface area contributed by atoms with Crippen molar-refractivity contribution in [2.45, 2.75) is 25.8 Å². The number of benzene rings is 2. The van der Waals surface area contributed by atoms with Gasteiger partial charge in [-0.1, -0.05) is 18.2 Å². The molecule has 0 N–H and O–H groups in total. The Hall–Kier alpha value is -2.95. The van der Waals surface area contributed by atoms with Gasteiger partial charge in [-0.05, 0) is 36.6 Å². The Balaban J connectivity index is 1.47. The molecule has 5 nitrogen and oxygen atoms in total. The van der Waals surface area contributed by atoms with Crippen LogP contribution in [0, 0.1) is 0 Å². The monoisotopic (exact) mass is 378 g/mol. The van der Waals surface area contributed by atoms with Crippen LogP contribution in [0.5, 0.6) is 5.75 Å². The van der Waals surface area contributed by atoms with Gasteiger partial charge in [0.25, 0.3) is 0 Å². The number of likely N-dealkylation sites (N-methyl/N-ethyl adjacent to an activating group) is 1. The van der Waals surface area contributed by atoms with Gasteiger partial charge in [-0.3, -0.25) is 4.79 Å². The Bertz CT molecular complexity index is 973. The van der Waals surface area contributed by atoms with E-state index < -0.39 is 0 Å². The quantitative estimate of drug-likeness (QED) is 0.644. The molecule has 28 heavy (non-hydrogen) atoms. The number of fused-ring (bicyclic) bond motifs is 1. The largest absolute Gasteiger partial charge is 0.497 e. The van der Waals surface area contributed by atoms with Gasteiger partial charge in [-0.2, -0.15) is 0 Å². The number of furan rings is 1. The summed E-state index contributed by atoms with van der Waals surface area (Å²) in [5.41, 5.74) is 4.09. The number of hydrogen-bond donors (Lipinski definition) is 0. The van der Waals surface area contributed by atoms with Crippen LogP contribution in [-0.2, 0) is 17.8 Å². The molecule has 2 aromatic carbocycles. The van der Waals surface area contributed by atoms with Crippen LogP contribution >= 0.6 is 0 Å². The summed E-state index contributed by atoms with van der Waals surface area (Å²) in [6.45, 7) is 2.80. The topological polar surface area (TPSA) is 45.9 Å². The van der Waals surface area contributed by atoms with Gasteiger partial charge in [-0.25, -0.2) is 0 Å². The highest BCUT2D eigenvalue weighted by molar-refractivity contribution is 5.88. The van der Waals surface area contributed by atoms with E-state index in [0.717, 1.165) is 35.4 Å². The van der Waals surface area contributed by atoms with Gasteiger partial charge in [0, 0.05) is 49.4 Å². The Morgan fingerprint density at radius 1 is 1.14 bits per heavy atom. The number of nitrogens with zero attached hydrogens (tertiary/aromatic N) is 2. The summed E-state index contributed by atoms with van der Waals surface area (Å²) < 4.78 is 10.9. The molecule has 0 bridgehead atoms. The smallest absolute Gasteiger partial charge is 0.227 e. The molecule has 1 saturated heterocycles. The number of methoxy groups -OCH3 is 1. The van der Waals surface area contributed by atoms with Gasteiger partial charge < -0.3 is 19.0 Å². The molecule has 1 aromatic heterocycles. The first-order valence-electron chi connectivity index (χ1n) is 9.76. The maximum atomic E-state index is 12.9. The molecule has 4 rings (SSSR count). The highest BCUT2D eigenvalue weighted by atomic mass is 16.5. The number of anilines is 1. The molecule has 3 aromatic rings. The van der Waals surface area contributed by atoms with Gasteiger partial charge >= 0.3 is 0 Å². The van der Waals surface area contributed by atoms with E-state index in [1.54, 1.807) is 18.3 Å². The fourth-order valence-corrected chi connectivity index (χ4v) is 3.88. The molecule has 1 aliphatic heterocycles. The minimum absolute atomic E-state index is 0.0785. The number of rotatable bonds is 6. The summed E-state index contributed by atoms with van der Waals surface area (Å²) in [6, 6.07) is 14.1. The van der Waals surface area contributed by atoms with Crippen molar-refractivity contribution < 1.29 is 13.9 Å². The van der Waals surface area contributed by atoms with Crippen molar-refractivity contribution in [3.05, 3.63) is 59.9 Å². The zero-order valence-electron chi connectivity index (χ0n) is 16.5. The number of carbonyl (C=O) groups excluding carboxylic acids is 1. The predicted molar refractivity (Wildman–Crippen MR) is 111 cm³/mol. The summed E-state index contributed by atoms with van der Waals surface area (Å²) in [4.78, 5) is 17.1. The van der Waals surface area contributed by atoms with Crippen LogP contribution in [0.15, 0.2) is 53.1 Å². The molecule has 146 valence electrons. The molecule has 0 radical (unpaired) electrons. The van der Waals surface area contributed by atoms with Crippen LogP contribution < -0.4 is 9.64 Å². The lowest BCUT2D eigenvalue weighted by Gasteiger charge is -2.24. The number of carbonyl (C=O) groups is 1. The maximum absolute atomic E-state index is 12.9. The van der Waals surface area contributed by atoms with Gasteiger partial charge in [0.15, 0.2) is 0 Å². The Kier molecular flexibility index (Phi) is 5.24. The standard InChI is InChI=1S/C23H26N2O3/c1-24(15-17-7-3-4-8-21(17)25-11-5-6-12-25)23(26)13-18-16-28-22-14-19(27-2)9-10-20(18)22/h3-4,7-10,14,16H,5-6,11-13,15H2,1-2H3. The van der Waals surface area contributed by atoms with E-state index in [0.29, 0.717) is 13.0 Å². The molecule has 5 heteroatoms. The van der Waals surface area contributed by atoms with Crippen molar-refractivity contribution in [1.82, 2.24) is 4.90 Å². The first kappa shape index (κ1) is 18.4. The normalized spacial score (nSPS) is 13.9. The lowest BCUT2D eigenvalue weighted by molar-refractivity contribution is -0.129. The average Bonchev–Trinajstić information content (AvgIpc) is 3.38. The van der Waals surface area contributed by atoms with Gasteiger partial charge in [0.2, 0.25) is 5.91 Å². The summed E-state index contributed by atoms with van der Waals surface area (Å²) in [5, 5.41) is 0.958. The minimum Gasteiger partial charge on any atom is -0.497 e. The minimum atomic E-state index is 0.0785. The molecular formula is C23H26N2O3. The summed E-state index contributed by atoms with van der Waals surface area (Å²) in [5.74, 6) is 0.824. The third kappa shape index (κ3) is 3.70. The number of amides is 1. The third-order valence-corrected chi connectivity index (χ3v) is 5.48. The third-order valence-electron chi connectivity index (χ3n) is 5.48. The van der Waals surface area contributed by atoms with E-state index in [2.05, 4.69) is 23.1 Å². The van der Waals surface area contributed by atoms with E-state index >= 15 is 0 Å². The number of hydrogen-bond acceptors (Lipinski definition) is 4. The lowest BCUT2D eigenvalue weighted by atomic mass is 10.1. The first-order valence-corrected chi connectivity index (χ1v) is 9.76. The molecule has 0 saturated carbocycles. The zero-order chi connectivity index (χ0) is 19.5. The van der Waals surface area contributed by atoms with E-state index in [1.807, 2.05) is 31.3 Å². The number of para-hydroxylation sites is 1. The van der Waals surface area contributed by atoms with Crippen LogP contribution in [0.1, 0.15) is 24.0 Å². The Labute approximate surface area is 165 Å². The second-order valence-electron chi connectivity index (χ2n) is 7.37. The van der Waals surface area contributed by atoms with E-state index in [9.17, 15) is 4.79 Å². The Morgan fingerprint density at radius 3 is 2.71 bits per heavy atom. The number of ether oxygens (including phenoxy) is 1. The SMILES string of the molecule is COc1ccc2c(CC(=O)N(C)Cc3ccccc3N3CCCC3)coc2c1. The van der Waals surface area contributed by atoms with Crippen molar-refractivity contribution in [1.29, 1.82) is 0 Å². The van der Waals surface area contributed by atoms with Crippen molar-refractivity contribution in [3.63, 3.8) is 0 Å². The van der Waals surface area contributed by atoms with Gasteiger partial charge in [0.05, 0.1) is 19.8 Å². The highest BCUT2D eigenvalue weighted by Gasteiger charge is 2.19. The van der Waals surface area contributed by atoms with Gasteiger partial charge in [0.1, 0.15) is 11.3 Å². The highest BCUT2D eigenvalue weighted by Crippen LogP contribution is 2.27. The average molecular weight is 378 g/mol. The maximum Gasteiger partial charge on any atom is 0.227 e. The first-order chi connectivity index (χ1) is 13.7. The molecular weight excluding hydrogens is 352 g/mol. The fourth-order valence-electron chi connectivity index (χ4n) is 3.88. The molecule has 0 unspecified atom stereocenters.